The quantitative estimate of drug-likeness (QED) is 0.382. The minimum atomic E-state index is -1.94. The number of ether oxygens (including phenoxy) is 2. The van der Waals surface area contributed by atoms with Crippen molar-refractivity contribution in [2.75, 3.05) is 6.61 Å². The number of aliphatic hydroxyl groups is 3. The van der Waals surface area contributed by atoms with Gasteiger partial charge in [-0.25, -0.2) is 0 Å². The second-order valence-electron chi connectivity index (χ2n) is 11.5. The van der Waals surface area contributed by atoms with Crippen LogP contribution in [0.1, 0.15) is 58.8 Å². The van der Waals surface area contributed by atoms with E-state index in [1.165, 1.54) is 6.08 Å². The molecule has 1 heterocycles. The first-order valence-electron chi connectivity index (χ1n) is 12.3. The van der Waals surface area contributed by atoms with Crippen LogP contribution in [0.25, 0.3) is 0 Å². The lowest BCUT2D eigenvalue weighted by atomic mass is 9.44. The first-order chi connectivity index (χ1) is 16.3. The second-order valence-corrected chi connectivity index (χ2v) is 11.5. The molecule has 9 atom stereocenters. The lowest BCUT2D eigenvalue weighted by Crippen LogP contribution is -2.68. The number of ketones is 2. The smallest absolute Gasteiger partial charge is 0.326 e. The van der Waals surface area contributed by atoms with E-state index in [-0.39, 0.29) is 43.3 Å². The summed E-state index contributed by atoms with van der Waals surface area (Å²) in [6.45, 7) is 2.77. The molecule has 5 N–H and O–H groups in total. The number of Topliss-reactive ketones (excluding diaryl/α,β-unsaturated/α-hetero) is 1. The number of aliphatic hydroxyl groups excluding tert-OH is 2. The zero-order chi connectivity index (χ0) is 25.6. The molecule has 35 heavy (non-hydrogen) atoms. The Morgan fingerprint density at radius 1 is 1.20 bits per heavy atom. The Kier molecular flexibility index (Phi) is 5.39. The first-order valence-corrected chi connectivity index (χ1v) is 12.3. The molecule has 0 radical (unpaired) electrons. The number of fused-ring (bicyclic) bond motifs is 6. The largest absolute Gasteiger partial charge is 0.421 e. The van der Waals surface area contributed by atoms with Crippen LogP contribution in [0.15, 0.2) is 11.6 Å². The highest BCUT2D eigenvalue weighted by atomic mass is 16.7. The Balaban J connectivity index is 1.63. The van der Waals surface area contributed by atoms with Crippen LogP contribution in [0.5, 0.6) is 0 Å². The van der Waals surface area contributed by atoms with E-state index in [2.05, 4.69) is 0 Å². The average molecular weight is 492 g/mol. The molecule has 1 aliphatic heterocycles. The summed E-state index contributed by atoms with van der Waals surface area (Å²) in [7, 11) is 0. The van der Waals surface area contributed by atoms with Crippen molar-refractivity contribution < 1.29 is 44.0 Å². The molecule has 5 aliphatic rings. The van der Waals surface area contributed by atoms with E-state index >= 15 is 0 Å². The molecule has 4 fully saturated rings. The Morgan fingerprint density at radius 3 is 2.60 bits per heavy atom. The summed E-state index contributed by atoms with van der Waals surface area (Å²) in [5, 5.41) is 32.6. The lowest BCUT2D eigenvalue weighted by molar-refractivity contribution is -0.292. The van der Waals surface area contributed by atoms with Gasteiger partial charge in [0.15, 0.2) is 11.6 Å². The van der Waals surface area contributed by atoms with Crippen LogP contribution in [0.3, 0.4) is 0 Å². The third-order valence-corrected chi connectivity index (χ3v) is 10.1. The van der Waals surface area contributed by atoms with Crippen molar-refractivity contribution in [2.45, 2.75) is 82.3 Å². The maximum atomic E-state index is 12.8. The van der Waals surface area contributed by atoms with Gasteiger partial charge in [0.25, 0.3) is 5.79 Å². The number of hydrogen-bond donors (Lipinski definition) is 4. The van der Waals surface area contributed by atoms with Gasteiger partial charge < -0.3 is 30.5 Å². The second kappa shape index (κ2) is 7.68. The predicted octanol–water partition coefficient (Wildman–Crippen LogP) is -0.0948. The molecule has 4 aliphatic carbocycles. The minimum Gasteiger partial charge on any atom is -0.421 e. The summed E-state index contributed by atoms with van der Waals surface area (Å²) < 4.78 is 11.6. The zero-order valence-electron chi connectivity index (χ0n) is 20.0. The van der Waals surface area contributed by atoms with E-state index in [0.717, 1.165) is 0 Å². The summed E-state index contributed by atoms with van der Waals surface area (Å²) in [6.07, 6.45) is 1.47. The SMILES string of the molecule is C[C@@]12C(=CC(=O)CC13OC(=O)CC(N)C(=O)O3)CC[C@@H]1[C@@H]2[C@@H](O)C[C@@]2(C)[C@H]1CC[C@]2(O)C(=O)CO. The molecule has 192 valence electrons. The minimum absolute atomic E-state index is 0.0649. The normalized spacial score (nSPS) is 49.3. The first kappa shape index (κ1) is 24.5. The summed E-state index contributed by atoms with van der Waals surface area (Å²) in [5.74, 6) is -5.50. The molecule has 1 saturated heterocycles. The van der Waals surface area contributed by atoms with E-state index in [1.54, 1.807) is 13.8 Å². The van der Waals surface area contributed by atoms with Gasteiger partial charge in [-0.15, -0.1) is 0 Å². The maximum Gasteiger partial charge on any atom is 0.326 e. The van der Waals surface area contributed by atoms with Gasteiger partial charge in [-0.05, 0) is 56.9 Å². The van der Waals surface area contributed by atoms with Gasteiger partial charge >= 0.3 is 11.9 Å². The molecular weight excluding hydrogens is 458 g/mol. The molecule has 0 bridgehead atoms. The van der Waals surface area contributed by atoms with Gasteiger partial charge in [-0.2, -0.15) is 0 Å². The third kappa shape index (κ3) is 3.03. The number of esters is 2. The Labute approximate surface area is 202 Å². The van der Waals surface area contributed by atoms with Crippen molar-refractivity contribution in [3.63, 3.8) is 0 Å². The molecule has 1 spiro atoms. The van der Waals surface area contributed by atoms with Gasteiger partial charge in [0.1, 0.15) is 18.2 Å². The van der Waals surface area contributed by atoms with Crippen LogP contribution in [0, 0.1) is 28.6 Å². The van der Waals surface area contributed by atoms with Gasteiger partial charge in [0, 0.05) is 11.3 Å². The highest BCUT2D eigenvalue weighted by Crippen LogP contribution is 2.69. The van der Waals surface area contributed by atoms with Crippen LogP contribution < -0.4 is 5.73 Å². The molecule has 3 saturated carbocycles. The molecule has 0 aromatic rings. The summed E-state index contributed by atoms with van der Waals surface area (Å²) in [5.41, 5.74) is 2.53. The number of rotatable bonds is 2. The number of carbonyl (C=O) groups excluding carboxylic acids is 4. The number of carbonyl (C=O) groups is 4. The van der Waals surface area contributed by atoms with Crippen molar-refractivity contribution in [1.82, 2.24) is 0 Å². The molecule has 10 heteroatoms. The van der Waals surface area contributed by atoms with Crippen molar-refractivity contribution in [1.29, 1.82) is 0 Å². The van der Waals surface area contributed by atoms with Crippen LogP contribution >= 0.6 is 0 Å². The number of nitrogens with two attached hydrogens (primary N) is 1. The van der Waals surface area contributed by atoms with Crippen molar-refractivity contribution in [3.05, 3.63) is 11.6 Å². The van der Waals surface area contributed by atoms with Crippen molar-refractivity contribution >= 4 is 23.5 Å². The zero-order valence-corrected chi connectivity index (χ0v) is 20.0. The van der Waals surface area contributed by atoms with E-state index in [1.807, 2.05) is 0 Å². The van der Waals surface area contributed by atoms with Crippen LogP contribution in [-0.4, -0.2) is 69.0 Å². The molecule has 0 aromatic heterocycles. The van der Waals surface area contributed by atoms with E-state index in [9.17, 15) is 34.5 Å². The summed E-state index contributed by atoms with van der Waals surface area (Å²) >= 11 is 0. The van der Waals surface area contributed by atoms with Crippen LogP contribution in [0.4, 0.5) is 0 Å². The average Bonchev–Trinajstić information content (AvgIpc) is 2.98. The van der Waals surface area contributed by atoms with Crippen molar-refractivity contribution in [3.8, 4) is 0 Å². The fourth-order valence-electron chi connectivity index (χ4n) is 8.37. The Morgan fingerprint density at radius 2 is 1.91 bits per heavy atom. The van der Waals surface area contributed by atoms with Gasteiger partial charge in [-0.1, -0.05) is 12.5 Å². The topological polar surface area (TPSA) is 173 Å². The Hall–Kier alpha value is -2.14. The van der Waals surface area contributed by atoms with E-state index in [4.69, 9.17) is 15.2 Å². The van der Waals surface area contributed by atoms with Gasteiger partial charge in [0.05, 0.1) is 24.4 Å². The predicted molar refractivity (Wildman–Crippen MR) is 118 cm³/mol. The monoisotopic (exact) mass is 491 g/mol. The van der Waals surface area contributed by atoms with Crippen molar-refractivity contribution in [2.24, 2.45) is 34.3 Å². The Bertz CT molecular complexity index is 1040. The molecule has 0 aromatic carbocycles. The third-order valence-electron chi connectivity index (χ3n) is 10.1. The fourth-order valence-corrected chi connectivity index (χ4v) is 8.37. The van der Waals surface area contributed by atoms with Gasteiger partial charge in [0.2, 0.25) is 0 Å². The lowest BCUT2D eigenvalue weighted by Gasteiger charge is -2.63. The maximum absolute atomic E-state index is 12.8. The fraction of sp³-hybridized carbons (Fsp3) is 0.760. The molecular formula is C25H33NO9. The molecule has 0 amide bonds. The van der Waals surface area contributed by atoms with Gasteiger partial charge in [-0.3, -0.25) is 19.2 Å². The molecule has 5 rings (SSSR count). The number of hydrogen-bond acceptors (Lipinski definition) is 10. The molecule has 10 nitrogen and oxygen atoms in total. The highest BCUT2D eigenvalue weighted by Gasteiger charge is 2.73. The summed E-state index contributed by atoms with van der Waals surface area (Å²) in [4.78, 5) is 50.8. The standard InChI is InChI=1S/C25H33NO9/c1-22-10-17(29)20-14(15(22)5-6-24(22,33)18(30)11-27)4-3-12-7-13(28)9-25(23(12,20)2)34-19(31)8-16(26)21(32)35-25/h7,14-17,20,27,29,33H,3-6,8-11,26H2,1-2H3/t14-,15-,16?,17-,20+,22-,23-,24-,25?/m0/s1. The van der Waals surface area contributed by atoms with Crippen LogP contribution in [0.2, 0.25) is 0 Å². The van der Waals surface area contributed by atoms with E-state index < -0.39 is 64.6 Å². The van der Waals surface area contributed by atoms with E-state index in [0.29, 0.717) is 24.8 Å². The highest BCUT2D eigenvalue weighted by molar-refractivity contribution is 5.94. The summed E-state index contributed by atoms with van der Waals surface area (Å²) in [6, 6.07) is -1.22. The van der Waals surface area contributed by atoms with Crippen LogP contribution in [-0.2, 0) is 28.7 Å². The molecule has 2 unspecified atom stereocenters.